The number of rotatable bonds is 1. The van der Waals surface area contributed by atoms with Crippen LogP contribution in [0.4, 0.5) is 11.4 Å². The molecule has 2 aromatic carbocycles. The SMILES string of the molecule is Nc1ccc2c(c1)C(=CC1CCC(O)c3ccccc31)C(=O)N2. The molecular formula is C19H18N2O2. The highest BCUT2D eigenvalue weighted by Crippen LogP contribution is 2.41. The number of aliphatic hydroxyl groups excluding tert-OH is 1. The number of hydrogen-bond acceptors (Lipinski definition) is 3. The van der Waals surface area contributed by atoms with Crippen LogP contribution in [0.3, 0.4) is 0 Å². The number of nitrogens with two attached hydrogens (primary N) is 1. The first-order valence-electron chi connectivity index (χ1n) is 7.83. The van der Waals surface area contributed by atoms with Crippen molar-refractivity contribution in [1.82, 2.24) is 0 Å². The zero-order valence-corrected chi connectivity index (χ0v) is 12.6. The van der Waals surface area contributed by atoms with E-state index in [-0.39, 0.29) is 11.8 Å². The number of hydrogen-bond donors (Lipinski definition) is 3. The molecule has 1 aliphatic carbocycles. The normalized spacial score (nSPS) is 24.2. The fraction of sp³-hybridized carbons (Fsp3) is 0.211. The number of amides is 1. The third-order valence-corrected chi connectivity index (χ3v) is 4.70. The maximum absolute atomic E-state index is 12.3. The van der Waals surface area contributed by atoms with Crippen LogP contribution in [0.1, 0.15) is 41.6 Å². The predicted molar refractivity (Wildman–Crippen MR) is 90.8 cm³/mol. The van der Waals surface area contributed by atoms with Gasteiger partial charge >= 0.3 is 0 Å². The highest BCUT2D eigenvalue weighted by molar-refractivity contribution is 6.31. The van der Waals surface area contributed by atoms with Gasteiger partial charge in [0.15, 0.2) is 0 Å². The van der Waals surface area contributed by atoms with Crippen molar-refractivity contribution in [2.45, 2.75) is 24.9 Å². The van der Waals surface area contributed by atoms with Gasteiger partial charge in [0.25, 0.3) is 5.91 Å². The fourth-order valence-electron chi connectivity index (χ4n) is 3.55. The number of anilines is 2. The monoisotopic (exact) mass is 306 g/mol. The molecule has 1 aliphatic heterocycles. The molecule has 4 heteroatoms. The second kappa shape index (κ2) is 5.25. The number of carbonyl (C=O) groups is 1. The van der Waals surface area contributed by atoms with Crippen LogP contribution in [0.5, 0.6) is 0 Å². The van der Waals surface area contributed by atoms with Gasteiger partial charge in [-0.25, -0.2) is 0 Å². The second-order valence-electron chi connectivity index (χ2n) is 6.17. The zero-order chi connectivity index (χ0) is 16.0. The Bertz CT molecular complexity index is 826. The van der Waals surface area contributed by atoms with Gasteiger partial charge in [0, 0.05) is 28.4 Å². The van der Waals surface area contributed by atoms with Crippen LogP contribution in [-0.4, -0.2) is 11.0 Å². The first kappa shape index (κ1) is 14.0. The summed E-state index contributed by atoms with van der Waals surface area (Å²) in [6.07, 6.45) is 3.13. The first-order valence-corrected chi connectivity index (χ1v) is 7.83. The largest absolute Gasteiger partial charge is 0.399 e. The topological polar surface area (TPSA) is 75.3 Å². The maximum atomic E-state index is 12.3. The molecule has 0 spiro atoms. The molecule has 0 bridgehead atoms. The molecular weight excluding hydrogens is 288 g/mol. The average molecular weight is 306 g/mol. The van der Waals surface area contributed by atoms with Gasteiger partial charge in [-0.15, -0.1) is 0 Å². The highest BCUT2D eigenvalue weighted by atomic mass is 16.3. The number of fused-ring (bicyclic) bond motifs is 2. The highest BCUT2D eigenvalue weighted by Gasteiger charge is 2.29. The van der Waals surface area contributed by atoms with E-state index in [4.69, 9.17) is 5.73 Å². The van der Waals surface area contributed by atoms with Crippen LogP contribution in [0, 0.1) is 0 Å². The molecule has 4 N–H and O–H groups in total. The predicted octanol–water partition coefficient (Wildman–Crippen LogP) is 3.22. The Kier molecular flexibility index (Phi) is 3.20. The lowest BCUT2D eigenvalue weighted by Crippen LogP contribution is -2.14. The maximum Gasteiger partial charge on any atom is 0.256 e. The van der Waals surface area contributed by atoms with Gasteiger partial charge in [-0.3, -0.25) is 4.79 Å². The summed E-state index contributed by atoms with van der Waals surface area (Å²) in [5.74, 6) is 0.0388. The van der Waals surface area contributed by atoms with E-state index in [0.29, 0.717) is 17.7 Å². The van der Waals surface area contributed by atoms with Crippen LogP contribution in [-0.2, 0) is 4.79 Å². The summed E-state index contributed by atoms with van der Waals surface area (Å²) in [4.78, 5) is 12.3. The van der Waals surface area contributed by atoms with Crippen molar-refractivity contribution in [3.8, 4) is 0 Å². The van der Waals surface area contributed by atoms with E-state index in [0.717, 1.165) is 28.8 Å². The van der Waals surface area contributed by atoms with E-state index in [1.165, 1.54) is 0 Å². The van der Waals surface area contributed by atoms with Gasteiger partial charge in [0.05, 0.1) is 6.10 Å². The van der Waals surface area contributed by atoms with Crippen molar-refractivity contribution in [3.05, 3.63) is 65.2 Å². The zero-order valence-electron chi connectivity index (χ0n) is 12.6. The van der Waals surface area contributed by atoms with Gasteiger partial charge in [0.2, 0.25) is 0 Å². The number of allylic oxidation sites excluding steroid dienone is 1. The lowest BCUT2D eigenvalue weighted by atomic mass is 9.80. The molecule has 1 amide bonds. The summed E-state index contributed by atoms with van der Waals surface area (Å²) in [5.41, 5.74) is 10.9. The summed E-state index contributed by atoms with van der Waals surface area (Å²) < 4.78 is 0. The van der Waals surface area contributed by atoms with Crippen molar-refractivity contribution in [1.29, 1.82) is 0 Å². The molecule has 2 unspecified atom stereocenters. The number of benzene rings is 2. The van der Waals surface area contributed by atoms with Crippen molar-refractivity contribution in [2.24, 2.45) is 0 Å². The number of nitrogen functional groups attached to an aromatic ring is 1. The van der Waals surface area contributed by atoms with Crippen molar-refractivity contribution >= 4 is 22.9 Å². The summed E-state index contributed by atoms with van der Waals surface area (Å²) >= 11 is 0. The Hall–Kier alpha value is -2.59. The van der Waals surface area contributed by atoms with Gasteiger partial charge < -0.3 is 16.2 Å². The molecule has 0 fully saturated rings. The molecule has 2 aliphatic rings. The first-order chi connectivity index (χ1) is 11.1. The van der Waals surface area contributed by atoms with E-state index in [2.05, 4.69) is 5.32 Å². The quantitative estimate of drug-likeness (QED) is 0.559. The van der Waals surface area contributed by atoms with Gasteiger partial charge in [-0.2, -0.15) is 0 Å². The number of aliphatic hydroxyl groups is 1. The summed E-state index contributed by atoms with van der Waals surface area (Å²) in [6, 6.07) is 13.4. The lowest BCUT2D eigenvalue weighted by molar-refractivity contribution is -0.110. The minimum Gasteiger partial charge on any atom is -0.399 e. The minimum absolute atomic E-state index is 0.0887. The van der Waals surface area contributed by atoms with E-state index in [1.807, 2.05) is 42.5 Å². The summed E-state index contributed by atoms with van der Waals surface area (Å²) in [7, 11) is 0. The van der Waals surface area contributed by atoms with Crippen LogP contribution in [0.25, 0.3) is 5.57 Å². The fourth-order valence-corrected chi connectivity index (χ4v) is 3.55. The Morgan fingerprint density at radius 3 is 2.74 bits per heavy atom. The molecule has 0 aromatic heterocycles. The Morgan fingerprint density at radius 1 is 1.13 bits per heavy atom. The molecule has 2 atom stereocenters. The van der Waals surface area contributed by atoms with Crippen molar-refractivity contribution in [2.75, 3.05) is 11.1 Å². The summed E-state index contributed by atoms with van der Waals surface area (Å²) in [6.45, 7) is 0. The Labute approximate surface area is 134 Å². The molecule has 23 heavy (non-hydrogen) atoms. The van der Waals surface area contributed by atoms with Gasteiger partial charge in [0.1, 0.15) is 0 Å². The molecule has 0 saturated carbocycles. The van der Waals surface area contributed by atoms with Crippen LogP contribution < -0.4 is 11.1 Å². The van der Waals surface area contributed by atoms with E-state index < -0.39 is 6.10 Å². The molecule has 116 valence electrons. The smallest absolute Gasteiger partial charge is 0.256 e. The minimum atomic E-state index is -0.416. The molecule has 2 aromatic rings. The molecule has 0 saturated heterocycles. The Balaban J connectivity index is 1.79. The lowest BCUT2D eigenvalue weighted by Gasteiger charge is -2.27. The van der Waals surface area contributed by atoms with E-state index >= 15 is 0 Å². The molecule has 1 heterocycles. The van der Waals surface area contributed by atoms with Crippen molar-refractivity contribution < 1.29 is 9.90 Å². The molecule has 4 nitrogen and oxygen atoms in total. The van der Waals surface area contributed by atoms with E-state index in [9.17, 15) is 9.90 Å². The molecule has 4 rings (SSSR count). The van der Waals surface area contributed by atoms with Gasteiger partial charge in [-0.05, 0) is 42.2 Å². The average Bonchev–Trinajstić information content (AvgIpc) is 2.86. The standard InChI is InChI=1S/C19H18N2O2/c20-12-6-7-17-15(10-12)16(19(23)21-17)9-11-5-8-18(22)14-4-2-1-3-13(11)14/h1-4,6-7,9-11,18,22H,5,8,20H2,(H,21,23). The number of carbonyl (C=O) groups excluding carboxylic acids is 1. The number of nitrogens with one attached hydrogen (secondary N) is 1. The molecule has 0 radical (unpaired) electrons. The van der Waals surface area contributed by atoms with Crippen LogP contribution >= 0.6 is 0 Å². The Morgan fingerprint density at radius 2 is 1.91 bits per heavy atom. The second-order valence-corrected chi connectivity index (χ2v) is 6.17. The summed E-state index contributed by atoms with van der Waals surface area (Å²) in [5, 5.41) is 13.1. The van der Waals surface area contributed by atoms with Gasteiger partial charge in [-0.1, -0.05) is 30.3 Å². The van der Waals surface area contributed by atoms with Crippen LogP contribution in [0.15, 0.2) is 48.5 Å². The third-order valence-electron chi connectivity index (χ3n) is 4.70. The third kappa shape index (κ3) is 2.32. The van der Waals surface area contributed by atoms with E-state index in [1.54, 1.807) is 6.07 Å². The van der Waals surface area contributed by atoms with Crippen molar-refractivity contribution in [3.63, 3.8) is 0 Å². The van der Waals surface area contributed by atoms with Crippen LogP contribution in [0.2, 0.25) is 0 Å².